The number of rotatable bonds is 12. The molecule has 0 saturated heterocycles. The Morgan fingerprint density at radius 3 is 1.98 bits per heavy atom. The third kappa shape index (κ3) is 9.32. The van der Waals surface area contributed by atoms with Crippen molar-refractivity contribution in [2.24, 2.45) is 0 Å². The third-order valence-corrected chi connectivity index (χ3v) is 6.92. The molecule has 0 aromatic heterocycles. The molecule has 232 valence electrons. The molecule has 3 aromatic rings. The minimum Gasteiger partial charge on any atom is -0.460 e. The highest BCUT2D eigenvalue weighted by Crippen LogP contribution is 2.44. The van der Waals surface area contributed by atoms with E-state index in [4.69, 9.17) is 14.2 Å². The Balaban J connectivity index is 1.24. The van der Waals surface area contributed by atoms with Gasteiger partial charge >= 0.3 is 18.2 Å². The number of ether oxygens (including phenoxy) is 3. The van der Waals surface area contributed by atoms with Gasteiger partial charge in [0, 0.05) is 25.4 Å². The number of alkyl carbamates (subject to hydrolysis) is 2. The van der Waals surface area contributed by atoms with Crippen LogP contribution in [0.3, 0.4) is 0 Å². The predicted molar refractivity (Wildman–Crippen MR) is 165 cm³/mol. The first-order valence-corrected chi connectivity index (χ1v) is 14.7. The smallest absolute Gasteiger partial charge is 0.408 e. The second-order valence-corrected chi connectivity index (χ2v) is 11.4. The van der Waals surface area contributed by atoms with E-state index in [-0.39, 0.29) is 45.1 Å². The number of esters is 1. The maximum atomic E-state index is 13.0. The Bertz CT molecular complexity index is 1410. The van der Waals surface area contributed by atoms with E-state index in [0.717, 1.165) is 27.8 Å². The zero-order valence-corrected chi connectivity index (χ0v) is 25.3. The van der Waals surface area contributed by atoms with Crippen LogP contribution in [0.5, 0.6) is 0 Å². The molecule has 1 atom stereocenters. The van der Waals surface area contributed by atoms with Gasteiger partial charge in [-0.05, 0) is 55.0 Å². The molecule has 3 N–H and O–H groups in total. The van der Waals surface area contributed by atoms with E-state index in [0.29, 0.717) is 0 Å². The van der Waals surface area contributed by atoms with Crippen molar-refractivity contribution >= 4 is 24.1 Å². The average Bonchev–Trinajstić information content (AvgIpc) is 3.32. The maximum absolute atomic E-state index is 13.0. The van der Waals surface area contributed by atoms with E-state index < -0.39 is 35.7 Å². The Morgan fingerprint density at radius 2 is 1.34 bits per heavy atom. The molecular formula is C34H39N3O7. The van der Waals surface area contributed by atoms with Crippen LogP contribution in [0.1, 0.15) is 56.2 Å². The highest BCUT2D eigenvalue weighted by Gasteiger charge is 2.29. The lowest BCUT2D eigenvalue weighted by atomic mass is 9.98. The van der Waals surface area contributed by atoms with E-state index in [1.54, 1.807) is 20.8 Å². The lowest BCUT2D eigenvalue weighted by Crippen LogP contribution is -2.48. The molecule has 0 aliphatic heterocycles. The van der Waals surface area contributed by atoms with Gasteiger partial charge in [-0.2, -0.15) is 0 Å². The summed E-state index contributed by atoms with van der Waals surface area (Å²) >= 11 is 0. The zero-order valence-electron chi connectivity index (χ0n) is 25.3. The summed E-state index contributed by atoms with van der Waals surface area (Å²) in [4.78, 5) is 50.1. The molecule has 4 rings (SSSR count). The Labute approximate surface area is 257 Å². The summed E-state index contributed by atoms with van der Waals surface area (Å²) in [6.45, 7) is 5.62. The maximum Gasteiger partial charge on any atom is 0.408 e. The SMILES string of the molecule is CC(C)(C)OC(=O)CC[C@H](NC(=O)OCc1ccccc1)C(=O)NCCNC(=O)OCC1c2ccccc2-c2ccccc21. The van der Waals surface area contributed by atoms with Crippen molar-refractivity contribution < 1.29 is 33.4 Å². The van der Waals surface area contributed by atoms with Crippen LogP contribution in [0.4, 0.5) is 9.59 Å². The highest BCUT2D eigenvalue weighted by atomic mass is 16.6. The van der Waals surface area contributed by atoms with Crippen molar-refractivity contribution in [2.45, 2.75) is 57.8 Å². The molecule has 0 heterocycles. The summed E-state index contributed by atoms with van der Waals surface area (Å²) in [6.07, 6.45) is -1.49. The highest BCUT2D eigenvalue weighted by molar-refractivity contribution is 5.86. The molecular weight excluding hydrogens is 562 g/mol. The van der Waals surface area contributed by atoms with Gasteiger partial charge in [0.1, 0.15) is 24.9 Å². The van der Waals surface area contributed by atoms with Gasteiger partial charge in [0.15, 0.2) is 0 Å². The molecule has 1 aliphatic rings. The summed E-state index contributed by atoms with van der Waals surface area (Å²) in [5, 5.41) is 7.85. The van der Waals surface area contributed by atoms with Gasteiger partial charge in [0.05, 0.1) is 0 Å². The Hall–Kier alpha value is -4.86. The van der Waals surface area contributed by atoms with Crippen LogP contribution in [-0.2, 0) is 30.4 Å². The van der Waals surface area contributed by atoms with Crippen molar-refractivity contribution in [3.63, 3.8) is 0 Å². The van der Waals surface area contributed by atoms with E-state index in [1.165, 1.54) is 0 Å². The van der Waals surface area contributed by atoms with Crippen LogP contribution >= 0.6 is 0 Å². The number of fused-ring (bicyclic) bond motifs is 3. The van der Waals surface area contributed by atoms with Crippen LogP contribution < -0.4 is 16.0 Å². The number of carbonyl (C=O) groups is 4. The molecule has 0 spiro atoms. The molecule has 3 amide bonds. The molecule has 0 saturated carbocycles. The first-order valence-electron chi connectivity index (χ1n) is 14.7. The van der Waals surface area contributed by atoms with Crippen LogP contribution in [0, 0.1) is 0 Å². The lowest BCUT2D eigenvalue weighted by Gasteiger charge is -2.21. The third-order valence-electron chi connectivity index (χ3n) is 6.92. The van der Waals surface area contributed by atoms with Crippen molar-refractivity contribution in [1.82, 2.24) is 16.0 Å². The standard InChI is InChI=1S/C34H39N3O7/c1-34(2,3)44-30(38)18-17-29(37-33(41)42-21-23-11-5-4-6-12-23)31(39)35-19-20-36-32(40)43-22-28-26-15-9-7-13-24(26)25-14-8-10-16-27(25)28/h4-16,28-29H,17-22H2,1-3H3,(H,35,39)(H,36,40)(H,37,41)/t29-/m0/s1. The molecule has 0 radical (unpaired) electrons. The van der Waals surface area contributed by atoms with Crippen molar-refractivity contribution in [3.8, 4) is 11.1 Å². The van der Waals surface area contributed by atoms with E-state index in [1.807, 2.05) is 66.7 Å². The fraction of sp³-hybridized carbons (Fsp3) is 0.353. The second kappa shape index (κ2) is 15.0. The summed E-state index contributed by atoms with van der Waals surface area (Å²) in [6, 6.07) is 24.2. The van der Waals surface area contributed by atoms with E-state index >= 15 is 0 Å². The summed E-state index contributed by atoms with van der Waals surface area (Å²) in [5.41, 5.74) is 4.61. The first-order chi connectivity index (χ1) is 21.1. The summed E-state index contributed by atoms with van der Waals surface area (Å²) < 4.78 is 16.1. The average molecular weight is 602 g/mol. The number of hydrogen-bond donors (Lipinski definition) is 3. The van der Waals surface area contributed by atoms with Gasteiger partial charge in [-0.3, -0.25) is 9.59 Å². The normalized spacial score (nSPS) is 12.7. The van der Waals surface area contributed by atoms with Crippen molar-refractivity contribution in [3.05, 3.63) is 95.6 Å². The fourth-order valence-corrected chi connectivity index (χ4v) is 4.95. The Morgan fingerprint density at radius 1 is 0.750 bits per heavy atom. The number of hydrogen-bond acceptors (Lipinski definition) is 7. The van der Waals surface area contributed by atoms with Gasteiger partial charge in [0.2, 0.25) is 5.91 Å². The summed E-state index contributed by atoms with van der Waals surface area (Å²) in [5.74, 6) is -1.09. The van der Waals surface area contributed by atoms with Crippen molar-refractivity contribution in [2.75, 3.05) is 19.7 Å². The molecule has 0 fully saturated rings. The van der Waals surface area contributed by atoms with Crippen LogP contribution in [0.25, 0.3) is 11.1 Å². The first kappa shape index (κ1) is 32.1. The molecule has 0 unspecified atom stereocenters. The molecule has 44 heavy (non-hydrogen) atoms. The van der Waals surface area contributed by atoms with E-state index in [2.05, 4.69) is 28.1 Å². The molecule has 0 bridgehead atoms. The molecule has 10 nitrogen and oxygen atoms in total. The van der Waals surface area contributed by atoms with Crippen LogP contribution in [-0.4, -0.2) is 55.4 Å². The molecule has 10 heteroatoms. The van der Waals surface area contributed by atoms with Gasteiger partial charge in [-0.25, -0.2) is 9.59 Å². The minimum atomic E-state index is -1.06. The molecule has 3 aromatic carbocycles. The number of carbonyl (C=O) groups excluding carboxylic acids is 4. The monoisotopic (exact) mass is 601 g/mol. The lowest BCUT2D eigenvalue weighted by molar-refractivity contribution is -0.155. The topological polar surface area (TPSA) is 132 Å². The predicted octanol–water partition coefficient (Wildman–Crippen LogP) is 5.06. The fourth-order valence-electron chi connectivity index (χ4n) is 4.95. The number of amides is 3. The quantitative estimate of drug-likeness (QED) is 0.150. The van der Waals surface area contributed by atoms with E-state index in [9.17, 15) is 19.2 Å². The Kier molecular flexibility index (Phi) is 11.0. The van der Waals surface area contributed by atoms with Gasteiger partial charge in [0.25, 0.3) is 0 Å². The van der Waals surface area contributed by atoms with Gasteiger partial charge in [-0.1, -0.05) is 78.9 Å². The van der Waals surface area contributed by atoms with Crippen molar-refractivity contribution in [1.29, 1.82) is 0 Å². The van der Waals surface area contributed by atoms with Crippen LogP contribution in [0.2, 0.25) is 0 Å². The van der Waals surface area contributed by atoms with Gasteiger partial charge < -0.3 is 30.2 Å². The second-order valence-electron chi connectivity index (χ2n) is 11.4. The zero-order chi connectivity index (χ0) is 31.5. The number of nitrogens with one attached hydrogen (secondary N) is 3. The molecule has 1 aliphatic carbocycles. The van der Waals surface area contributed by atoms with Crippen LogP contribution in [0.15, 0.2) is 78.9 Å². The number of benzene rings is 3. The van der Waals surface area contributed by atoms with Gasteiger partial charge in [-0.15, -0.1) is 0 Å². The minimum absolute atomic E-state index is 0.000983. The largest absolute Gasteiger partial charge is 0.460 e. The summed E-state index contributed by atoms with van der Waals surface area (Å²) in [7, 11) is 0.